The monoisotopic (exact) mass is 279 g/mol. The Kier molecular flexibility index (Phi) is 4.78. The number of hydrogen-bond donors (Lipinski definition) is 1. The largest absolute Gasteiger partial charge is 0.481 e. The van der Waals surface area contributed by atoms with Crippen molar-refractivity contribution in [3.63, 3.8) is 0 Å². The van der Waals surface area contributed by atoms with E-state index < -0.39 is 5.97 Å². The molecule has 0 spiro atoms. The topological polar surface area (TPSA) is 50.2 Å². The zero-order valence-corrected chi connectivity index (χ0v) is 11.3. The number of rotatable bonds is 6. The Morgan fingerprint density at radius 1 is 1.33 bits per heavy atom. The maximum absolute atomic E-state index is 10.4. The lowest BCUT2D eigenvalue weighted by Gasteiger charge is -1.96. The molecule has 0 fully saturated rings. The van der Waals surface area contributed by atoms with E-state index in [0.717, 1.165) is 22.0 Å². The fourth-order valence-corrected chi connectivity index (χ4v) is 3.17. The van der Waals surface area contributed by atoms with Gasteiger partial charge in [-0.25, -0.2) is 4.98 Å². The first-order valence-corrected chi connectivity index (χ1v) is 7.58. The zero-order chi connectivity index (χ0) is 12.8. The van der Waals surface area contributed by atoms with E-state index in [1.165, 1.54) is 0 Å². The summed E-state index contributed by atoms with van der Waals surface area (Å²) in [6.45, 7) is 0. The molecule has 2 rings (SSSR count). The molecule has 0 aliphatic rings. The van der Waals surface area contributed by atoms with Gasteiger partial charge in [0.2, 0.25) is 0 Å². The van der Waals surface area contributed by atoms with Gasteiger partial charge in [-0.05, 0) is 0 Å². The summed E-state index contributed by atoms with van der Waals surface area (Å²) in [5.41, 5.74) is 2.15. The van der Waals surface area contributed by atoms with Crippen molar-refractivity contribution in [3.8, 4) is 10.6 Å². The molecule has 0 amide bonds. The van der Waals surface area contributed by atoms with Gasteiger partial charge in [-0.2, -0.15) is 11.8 Å². The molecule has 2 aromatic rings. The first-order valence-electron chi connectivity index (χ1n) is 5.55. The number of aliphatic carboxylic acids is 1. The van der Waals surface area contributed by atoms with Gasteiger partial charge in [0.25, 0.3) is 0 Å². The molecule has 0 bridgehead atoms. The maximum Gasteiger partial charge on any atom is 0.304 e. The maximum atomic E-state index is 10.4. The number of benzene rings is 1. The number of nitrogens with zero attached hydrogens (tertiary/aromatic N) is 1. The fraction of sp³-hybridized carbons (Fsp3) is 0.231. The highest BCUT2D eigenvalue weighted by molar-refractivity contribution is 7.98. The van der Waals surface area contributed by atoms with Gasteiger partial charge in [-0.15, -0.1) is 11.3 Å². The minimum absolute atomic E-state index is 0.209. The lowest BCUT2D eigenvalue weighted by Crippen LogP contribution is -1.96. The van der Waals surface area contributed by atoms with Crippen LogP contribution in [0.3, 0.4) is 0 Å². The summed E-state index contributed by atoms with van der Waals surface area (Å²) in [6, 6.07) is 10.1. The molecule has 0 unspecified atom stereocenters. The first-order chi connectivity index (χ1) is 8.75. The van der Waals surface area contributed by atoms with Crippen molar-refractivity contribution in [2.45, 2.75) is 12.2 Å². The van der Waals surface area contributed by atoms with Crippen LogP contribution in [0, 0.1) is 0 Å². The molecule has 0 radical (unpaired) electrons. The Bertz CT molecular complexity index is 511. The molecule has 94 valence electrons. The van der Waals surface area contributed by atoms with Crippen LogP contribution in [0.4, 0.5) is 0 Å². The average molecular weight is 279 g/mol. The molecule has 1 aromatic heterocycles. The van der Waals surface area contributed by atoms with Crippen molar-refractivity contribution in [1.29, 1.82) is 0 Å². The molecule has 0 saturated heterocycles. The van der Waals surface area contributed by atoms with Gasteiger partial charge in [0.15, 0.2) is 0 Å². The van der Waals surface area contributed by atoms with Crippen molar-refractivity contribution >= 4 is 29.1 Å². The average Bonchev–Trinajstić information content (AvgIpc) is 2.84. The smallest absolute Gasteiger partial charge is 0.304 e. The highest BCUT2D eigenvalue weighted by Crippen LogP contribution is 2.25. The highest BCUT2D eigenvalue weighted by atomic mass is 32.2. The summed E-state index contributed by atoms with van der Waals surface area (Å²) in [5.74, 6) is 0.662. The van der Waals surface area contributed by atoms with E-state index in [9.17, 15) is 4.79 Å². The van der Waals surface area contributed by atoms with Crippen molar-refractivity contribution in [2.75, 3.05) is 5.75 Å². The van der Waals surface area contributed by atoms with E-state index in [1.807, 2.05) is 35.7 Å². The van der Waals surface area contributed by atoms with Crippen molar-refractivity contribution in [2.24, 2.45) is 0 Å². The Balaban J connectivity index is 1.89. The van der Waals surface area contributed by atoms with E-state index >= 15 is 0 Å². The molecule has 3 nitrogen and oxygen atoms in total. The summed E-state index contributed by atoms with van der Waals surface area (Å²) >= 11 is 3.23. The number of carbonyl (C=O) groups is 1. The normalized spacial score (nSPS) is 10.4. The van der Waals surface area contributed by atoms with Gasteiger partial charge >= 0.3 is 5.97 Å². The summed E-state index contributed by atoms with van der Waals surface area (Å²) in [5, 5.41) is 11.6. The van der Waals surface area contributed by atoms with E-state index in [4.69, 9.17) is 5.11 Å². The zero-order valence-electron chi connectivity index (χ0n) is 9.70. The number of thiazole rings is 1. The van der Waals surface area contributed by atoms with Gasteiger partial charge < -0.3 is 5.11 Å². The third-order valence-electron chi connectivity index (χ3n) is 2.28. The van der Waals surface area contributed by atoms with Gasteiger partial charge in [0.05, 0.1) is 12.1 Å². The lowest BCUT2D eigenvalue weighted by atomic mass is 10.2. The van der Waals surface area contributed by atoms with Crippen LogP contribution in [-0.2, 0) is 10.5 Å². The standard InChI is InChI=1S/C13H13NO2S2/c15-12(16)6-7-17-8-11-9-18-13(14-11)10-4-2-1-3-5-10/h1-5,9H,6-8H2,(H,15,16). The van der Waals surface area contributed by atoms with E-state index in [-0.39, 0.29) is 6.42 Å². The van der Waals surface area contributed by atoms with Gasteiger partial charge in [-0.3, -0.25) is 4.79 Å². The van der Waals surface area contributed by atoms with Gasteiger partial charge in [0.1, 0.15) is 5.01 Å². The van der Waals surface area contributed by atoms with Gasteiger partial charge in [0, 0.05) is 22.4 Å². The molecule has 0 saturated carbocycles. The molecule has 1 heterocycles. The third kappa shape index (κ3) is 3.85. The van der Waals surface area contributed by atoms with E-state index in [2.05, 4.69) is 4.98 Å². The number of carboxylic acid groups (broad SMARTS) is 1. The van der Waals surface area contributed by atoms with Crippen LogP contribution in [0.15, 0.2) is 35.7 Å². The SMILES string of the molecule is O=C(O)CCSCc1csc(-c2ccccc2)n1. The number of thioether (sulfide) groups is 1. The second kappa shape index (κ2) is 6.56. The lowest BCUT2D eigenvalue weighted by molar-refractivity contribution is -0.136. The van der Waals surface area contributed by atoms with E-state index in [1.54, 1.807) is 23.1 Å². The van der Waals surface area contributed by atoms with Crippen LogP contribution >= 0.6 is 23.1 Å². The molecule has 1 N–H and O–H groups in total. The van der Waals surface area contributed by atoms with Crippen LogP contribution in [-0.4, -0.2) is 21.8 Å². The summed E-state index contributed by atoms with van der Waals surface area (Å²) in [7, 11) is 0. The molecule has 0 aliphatic heterocycles. The van der Waals surface area contributed by atoms with Gasteiger partial charge in [-0.1, -0.05) is 30.3 Å². The predicted molar refractivity (Wildman–Crippen MR) is 76.0 cm³/mol. The quantitative estimate of drug-likeness (QED) is 0.822. The summed E-state index contributed by atoms with van der Waals surface area (Å²) in [4.78, 5) is 14.9. The first kappa shape index (κ1) is 13.1. The Hall–Kier alpha value is -1.33. The molecule has 18 heavy (non-hydrogen) atoms. The summed E-state index contributed by atoms with van der Waals surface area (Å²) in [6.07, 6.45) is 0.209. The van der Waals surface area contributed by atoms with E-state index in [0.29, 0.717) is 5.75 Å². The second-order valence-electron chi connectivity index (χ2n) is 3.71. The Morgan fingerprint density at radius 2 is 2.11 bits per heavy atom. The molecule has 0 atom stereocenters. The fourth-order valence-electron chi connectivity index (χ4n) is 1.42. The number of hydrogen-bond acceptors (Lipinski definition) is 4. The van der Waals surface area contributed by atoms with Crippen LogP contribution in [0.5, 0.6) is 0 Å². The Morgan fingerprint density at radius 3 is 2.83 bits per heavy atom. The highest BCUT2D eigenvalue weighted by Gasteiger charge is 2.04. The van der Waals surface area contributed by atoms with Crippen molar-refractivity contribution < 1.29 is 9.90 Å². The number of carboxylic acids is 1. The van der Waals surface area contributed by atoms with Crippen LogP contribution < -0.4 is 0 Å². The minimum Gasteiger partial charge on any atom is -0.481 e. The van der Waals surface area contributed by atoms with Crippen LogP contribution in [0.1, 0.15) is 12.1 Å². The molecule has 5 heteroatoms. The summed E-state index contributed by atoms with van der Waals surface area (Å²) < 4.78 is 0. The predicted octanol–water partition coefficient (Wildman–Crippen LogP) is 3.52. The Labute approximate surface area is 114 Å². The molecule has 1 aromatic carbocycles. The molecular formula is C13H13NO2S2. The molecular weight excluding hydrogens is 266 g/mol. The number of aromatic nitrogens is 1. The minimum atomic E-state index is -0.745. The van der Waals surface area contributed by atoms with Crippen LogP contribution in [0.2, 0.25) is 0 Å². The van der Waals surface area contributed by atoms with Crippen molar-refractivity contribution in [1.82, 2.24) is 4.98 Å². The third-order valence-corrected chi connectivity index (χ3v) is 4.22. The second-order valence-corrected chi connectivity index (χ2v) is 5.67. The van der Waals surface area contributed by atoms with Crippen molar-refractivity contribution in [3.05, 3.63) is 41.4 Å². The molecule has 0 aliphatic carbocycles. The van der Waals surface area contributed by atoms with Crippen LogP contribution in [0.25, 0.3) is 10.6 Å².